The fraction of sp³-hybridized carbons (Fsp3) is 0.500. The van der Waals surface area contributed by atoms with Crippen LogP contribution in [0.5, 0.6) is 5.75 Å². The predicted molar refractivity (Wildman–Crippen MR) is 67.9 cm³/mol. The second kappa shape index (κ2) is 5.40. The molecule has 1 saturated heterocycles. The van der Waals surface area contributed by atoms with Gasteiger partial charge in [0.25, 0.3) is 0 Å². The molecule has 0 spiro atoms. The zero-order chi connectivity index (χ0) is 13.1. The maximum absolute atomic E-state index is 11.9. The molecule has 0 saturated carbocycles. The van der Waals surface area contributed by atoms with Gasteiger partial charge in [-0.05, 0) is 30.0 Å². The van der Waals surface area contributed by atoms with Gasteiger partial charge in [0.1, 0.15) is 12.0 Å². The molecule has 1 heterocycles. The van der Waals surface area contributed by atoms with Gasteiger partial charge in [0, 0.05) is 13.0 Å². The van der Waals surface area contributed by atoms with E-state index >= 15 is 0 Å². The van der Waals surface area contributed by atoms with Crippen molar-refractivity contribution in [2.45, 2.75) is 32.5 Å². The summed E-state index contributed by atoms with van der Waals surface area (Å²) >= 11 is 0. The summed E-state index contributed by atoms with van der Waals surface area (Å²) < 4.78 is 5.09. The lowest BCUT2D eigenvalue weighted by Crippen LogP contribution is -2.45. The van der Waals surface area contributed by atoms with Crippen LogP contribution < -0.4 is 4.74 Å². The van der Waals surface area contributed by atoms with E-state index in [1.807, 2.05) is 31.2 Å². The van der Waals surface area contributed by atoms with Gasteiger partial charge in [-0.25, -0.2) is 0 Å². The Labute approximate surface area is 107 Å². The lowest BCUT2D eigenvalue weighted by molar-refractivity contribution is -0.150. The van der Waals surface area contributed by atoms with Crippen LogP contribution in [0.1, 0.15) is 25.3 Å². The Kier molecular flexibility index (Phi) is 3.87. The highest BCUT2D eigenvalue weighted by Crippen LogP contribution is 2.24. The van der Waals surface area contributed by atoms with Gasteiger partial charge in [0.05, 0.1) is 7.11 Å². The van der Waals surface area contributed by atoms with Gasteiger partial charge in [0.2, 0.25) is 5.91 Å². The molecule has 1 aromatic rings. The Morgan fingerprint density at radius 2 is 2.06 bits per heavy atom. The SMILES string of the molecule is COc1ccc(CN2C(=O)CC(C)CC2O)cc1. The van der Waals surface area contributed by atoms with Gasteiger partial charge in [-0.1, -0.05) is 19.1 Å². The van der Waals surface area contributed by atoms with E-state index in [2.05, 4.69) is 0 Å². The summed E-state index contributed by atoms with van der Waals surface area (Å²) in [6.45, 7) is 2.45. The zero-order valence-electron chi connectivity index (χ0n) is 10.8. The standard InChI is InChI=1S/C14H19NO3/c1-10-7-13(16)15(14(17)8-10)9-11-3-5-12(18-2)6-4-11/h3-6,10,13,16H,7-9H2,1-2H3. The predicted octanol–water partition coefficient (Wildman–Crippen LogP) is 1.77. The summed E-state index contributed by atoms with van der Waals surface area (Å²) in [5, 5.41) is 9.95. The van der Waals surface area contributed by atoms with Crippen molar-refractivity contribution >= 4 is 5.91 Å². The van der Waals surface area contributed by atoms with Gasteiger partial charge in [-0.2, -0.15) is 0 Å². The van der Waals surface area contributed by atoms with Gasteiger partial charge in [0.15, 0.2) is 0 Å². The number of carbonyl (C=O) groups is 1. The molecule has 2 unspecified atom stereocenters. The van der Waals surface area contributed by atoms with Crippen LogP contribution in [0.3, 0.4) is 0 Å². The summed E-state index contributed by atoms with van der Waals surface area (Å²) in [6.07, 6.45) is 0.512. The molecule has 1 fully saturated rings. The largest absolute Gasteiger partial charge is 0.497 e. The number of hydrogen-bond donors (Lipinski definition) is 1. The first-order valence-corrected chi connectivity index (χ1v) is 6.20. The maximum atomic E-state index is 11.9. The first-order valence-electron chi connectivity index (χ1n) is 6.20. The van der Waals surface area contributed by atoms with Crippen molar-refractivity contribution in [2.24, 2.45) is 5.92 Å². The van der Waals surface area contributed by atoms with E-state index in [9.17, 15) is 9.90 Å². The number of amides is 1. The minimum Gasteiger partial charge on any atom is -0.497 e. The first kappa shape index (κ1) is 12.9. The van der Waals surface area contributed by atoms with E-state index in [4.69, 9.17) is 4.74 Å². The van der Waals surface area contributed by atoms with Crippen molar-refractivity contribution in [1.29, 1.82) is 0 Å². The molecular formula is C14H19NO3. The van der Waals surface area contributed by atoms with Crippen molar-refractivity contribution in [3.05, 3.63) is 29.8 Å². The van der Waals surface area contributed by atoms with Gasteiger partial charge in [-0.3, -0.25) is 4.79 Å². The highest BCUT2D eigenvalue weighted by atomic mass is 16.5. The number of aliphatic hydroxyl groups excluding tert-OH is 1. The molecular weight excluding hydrogens is 230 g/mol. The third-order valence-corrected chi connectivity index (χ3v) is 3.33. The number of likely N-dealkylation sites (tertiary alicyclic amines) is 1. The van der Waals surface area contributed by atoms with E-state index in [0.29, 0.717) is 19.4 Å². The lowest BCUT2D eigenvalue weighted by Gasteiger charge is -2.35. The fourth-order valence-corrected chi connectivity index (χ4v) is 2.27. The Morgan fingerprint density at radius 1 is 1.39 bits per heavy atom. The molecule has 1 aliphatic heterocycles. The second-order valence-electron chi connectivity index (χ2n) is 4.90. The number of benzene rings is 1. The molecule has 18 heavy (non-hydrogen) atoms. The number of ether oxygens (including phenoxy) is 1. The van der Waals surface area contributed by atoms with E-state index < -0.39 is 6.23 Å². The third kappa shape index (κ3) is 2.82. The van der Waals surface area contributed by atoms with Crippen LogP contribution in [0.15, 0.2) is 24.3 Å². The average molecular weight is 249 g/mol. The highest BCUT2D eigenvalue weighted by molar-refractivity contribution is 5.77. The topological polar surface area (TPSA) is 49.8 Å². The van der Waals surface area contributed by atoms with Crippen molar-refractivity contribution in [2.75, 3.05) is 7.11 Å². The van der Waals surface area contributed by atoms with Crippen LogP contribution in [0.2, 0.25) is 0 Å². The number of aliphatic hydroxyl groups is 1. The number of methoxy groups -OCH3 is 1. The summed E-state index contributed by atoms with van der Waals surface area (Å²) in [5.41, 5.74) is 0.998. The molecule has 0 radical (unpaired) electrons. The van der Waals surface area contributed by atoms with Gasteiger partial charge >= 0.3 is 0 Å². The van der Waals surface area contributed by atoms with Crippen molar-refractivity contribution in [3.63, 3.8) is 0 Å². The molecule has 4 nitrogen and oxygen atoms in total. The van der Waals surface area contributed by atoms with Crippen LogP contribution in [-0.4, -0.2) is 29.3 Å². The smallest absolute Gasteiger partial charge is 0.225 e. The van der Waals surface area contributed by atoms with Crippen LogP contribution in [0.4, 0.5) is 0 Å². The molecule has 1 aromatic carbocycles. The van der Waals surface area contributed by atoms with E-state index in [-0.39, 0.29) is 11.8 Å². The molecule has 98 valence electrons. The summed E-state index contributed by atoms with van der Waals surface area (Å²) in [5.74, 6) is 1.08. The average Bonchev–Trinajstić information content (AvgIpc) is 2.34. The Bertz CT molecular complexity index is 416. The minimum atomic E-state index is -0.664. The van der Waals surface area contributed by atoms with E-state index in [1.54, 1.807) is 12.0 Å². The van der Waals surface area contributed by atoms with Crippen LogP contribution in [-0.2, 0) is 11.3 Å². The Balaban J connectivity index is 2.05. The first-order chi connectivity index (χ1) is 8.60. The molecule has 1 aliphatic rings. The zero-order valence-corrected chi connectivity index (χ0v) is 10.8. The maximum Gasteiger partial charge on any atom is 0.225 e. The molecule has 0 aliphatic carbocycles. The third-order valence-electron chi connectivity index (χ3n) is 3.33. The Hall–Kier alpha value is -1.55. The van der Waals surface area contributed by atoms with Crippen molar-refractivity contribution in [3.8, 4) is 5.75 Å². The van der Waals surface area contributed by atoms with Crippen molar-refractivity contribution in [1.82, 2.24) is 4.90 Å². The van der Waals surface area contributed by atoms with Crippen molar-refractivity contribution < 1.29 is 14.6 Å². The van der Waals surface area contributed by atoms with E-state index in [1.165, 1.54) is 0 Å². The fourth-order valence-electron chi connectivity index (χ4n) is 2.27. The summed E-state index contributed by atoms with van der Waals surface area (Å²) in [6, 6.07) is 7.55. The monoisotopic (exact) mass is 249 g/mol. The summed E-state index contributed by atoms with van der Waals surface area (Å²) in [4.78, 5) is 13.4. The molecule has 0 bridgehead atoms. The molecule has 1 N–H and O–H groups in total. The minimum absolute atomic E-state index is 0.0251. The number of rotatable bonds is 3. The van der Waals surface area contributed by atoms with Gasteiger partial charge in [-0.15, -0.1) is 0 Å². The summed E-state index contributed by atoms with van der Waals surface area (Å²) in [7, 11) is 1.62. The molecule has 1 amide bonds. The van der Waals surface area contributed by atoms with Crippen LogP contribution in [0, 0.1) is 5.92 Å². The molecule has 2 atom stereocenters. The van der Waals surface area contributed by atoms with Crippen LogP contribution >= 0.6 is 0 Å². The molecule has 4 heteroatoms. The number of carbonyl (C=O) groups excluding carboxylic acids is 1. The number of piperidine rings is 1. The van der Waals surface area contributed by atoms with E-state index in [0.717, 1.165) is 11.3 Å². The highest BCUT2D eigenvalue weighted by Gasteiger charge is 2.30. The van der Waals surface area contributed by atoms with Crippen LogP contribution in [0.25, 0.3) is 0 Å². The van der Waals surface area contributed by atoms with Gasteiger partial charge < -0.3 is 14.7 Å². The number of hydrogen-bond acceptors (Lipinski definition) is 3. The molecule has 0 aromatic heterocycles. The molecule has 2 rings (SSSR count). The Morgan fingerprint density at radius 3 is 2.61 bits per heavy atom. The second-order valence-corrected chi connectivity index (χ2v) is 4.90. The number of nitrogens with zero attached hydrogens (tertiary/aromatic N) is 1. The normalized spacial score (nSPS) is 24.2. The quantitative estimate of drug-likeness (QED) is 0.888. The lowest BCUT2D eigenvalue weighted by atomic mass is 9.96.